The maximum Gasteiger partial charge on any atom is 0.314 e. The van der Waals surface area contributed by atoms with E-state index in [1.807, 2.05) is 38.1 Å². The molecule has 146 valence electrons. The van der Waals surface area contributed by atoms with Crippen molar-refractivity contribution in [3.8, 4) is 22.8 Å². The average molecular weight is 370 g/mol. The summed E-state index contributed by atoms with van der Waals surface area (Å²) >= 11 is 0. The van der Waals surface area contributed by atoms with Gasteiger partial charge in [0.1, 0.15) is 11.5 Å². The van der Waals surface area contributed by atoms with E-state index in [0.29, 0.717) is 5.75 Å². The SMILES string of the molecule is CCCCCCCOc1ccc(-c2ccc(OC(=O)C(C)CC)cc2)nc1. The van der Waals surface area contributed by atoms with Crippen molar-refractivity contribution in [2.75, 3.05) is 6.61 Å². The first kappa shape index (κ1) is 20.9. The Bertz CT molecular complexity index is 680. The van der Waals surface area contributed by atoms with Crippen LogP contribution in [0.4, 0.5) is 0 Å². The maximum absolute atomic E-state index is 11.8. The number of aromatic nitrogens is 1. The predicted molar refractivity (Wildman–Crippen MR) is 109 cm³/mol. The molecule has 0 aliphatic rings. The Kier molecular flexibility index (Phi) is 8.82. The van der Waals surface area contributed by atoms with E-state index in [4.69, 9.17) is 9.47 Å². The van der Waals surface area contributed by atoms with Crippen LogP contribution in [0.15, 0.2) is 42.6 Å². The Morgan fingerprint density at radius 3 is 2.30 bits per heavy atom. The number of hydrogen-bond donors (Lipinski definition) is 0. The highest BCUT2D eigenvalue weighted by Crippen LogP contribution is 2.23. The minimum absolute atomic E-state index is 0.0921. The van der Waals surface area contributed by atoms with Gasteiger partial charge in [0, 0.05) is 5.56 Å². The molecule has 1 atom stereocenters. The number of rotatable bonds is 11. The number of ether oxygens (including phenoxy) is 2. The van der Waals surface area contributed by atoms with Crippen LogP contribution in [0.25, 0.3) is 11.3 Å². The lowest BCUT2D eigenvalue weighted by Crippen LogP contribution is -2.16. The van der Waals surface area contributed by atoms with Crippen molar-refractivity contribution >= 4 is 5.97 Å². The van der Waals surface area contributed by atoms with Crippen LogP contribution < -0.4 is 9.47 Å². The molecule has 2 rings (SSSR count). The molecule has 0 saturated heterocycles. The molecule has 0 aliphatic heterocycles. The molecule has 0 bridgehead atoms. The van der Waals surface area contributed by atoms with Crippen LogP contribution in [0, 0.1) is 5.92 Å². The highest BCUT2D eigenvalue weighted by Gasteiger charge is 2.13. The van der Waals surface area contributed by atoms with Gasteiger partial charge >= 0.3 is 5.97 Å². The van der Waals surface area contributed by atoms with Crippen LogP contribution in [-0.4, -0.2) is 17.6 Å². The van der Waals surface area contributed by atoms with E-state index in [9.17, 15) is 4.79 Å². The molecule has 0 N–H and O–H groups in total. The van der Waals surface area contributed by atoms with Crippen molar-refractivity contribution in [2.24, 2.45) is 5.92 Å². The molecular weight excluding hydrogens is 338 g/mol. The third kappa shape index (κ3) is 7.05. The molecule has 1 heterocycles. The molecular formula is C23H31NO3. The smallest absolute Gasteiger partial charge is 0.314 e. The van der Waals surface area contributed by atoms with Crippen LogP contribution in [0.1, 0.15) is 59.3 Å². The summed E-state index contributed by atoms with van der Waals surface area (Å²) in [6.07, 6.45) is 8.66. The summed E-state index contributed by atoms with van der Waals surface area (Å²) < 4.78 is 11.1. The van der Waals surface area contributed by atoms with Gasteiger partial charge in [0.05, 0.1) is 24.4 Å². The average Bonchev–Trinajstić information content (AvgIpc) is 2.71. The van der Waals surface area contributed by atoms with E-state index in [-0.39, 0.29) is 11.9 Å². The first-order valence-electron chi connectivity index (χ1n) is 10.0. The molecule has 0 fully saturated rings. The molecule has 1 aromatic heterocycles. The number of carbonyl (C=O) groups is 1. The van der Waals surface area contributed by atoms with Gasteiger partial charge in [-0.15, -0.1) is 0 Å². The van der Waals surface area contributed by atoms with Crippen molar-refractivity contribution in [1.82, 2.24) is 4.98 Å². The zero-order valence-electron chi connectivity index (χ0n) is 16.7. The van der Waals surface area contributed by atoms with Gasteiger partial charge in [-0.3, -0.25) is 9.78 Å². The predicted octanol–water partition coefficient (Wildman–Crippen LogP) is 6.05. The summed E-state index contributed by atoms with van der Waals surface area (Å²) in [4.78, 5) is 16.3. The van der Waals surface area contributed by atoms with E-state index in [0.717, 1.165) is 36.5 Å². The van der Waals surface area contributed by atoms with Crippen molar-refractivity contribution in [1.29, 1.82) is 0 Å². The lowest BCUT2D eigenvalue weighted by Gasteiger charge is -2.10. The van der Waals surface area contributed by atoms with Crippen molar-refractivity contribution in [3.05, 3.63) is 42.6 Å². The molecule has 1 aromatic carbocycles. The highest BCUT2D eigenvalue weighted by atomic mass is 16.5. The van der Waals surface area contributed by atoms with Gasteiger partial charge in [-0.25, -0.2) is 0 Å². The van der Waals surface area contributed by atoms with Crippen LogP contribution in [0.2, 0.25) is 0 Å². The van der Waals surface area contributed by atoms with Crippen molar-refractivity contribution in [3.63, 3.8) is 0 Å². The van der Waals surface area contributed by atoms with Gasteiger partial charge < -0.3 is 9.47 Å². The maximum atomic E-state index is 11.8. The second kappa shape index (κ2) is 11.4. The fourth-order valence-corrected chi connectivity index (χ4v) is 2.61. The number of unbranched alkanes of at least 4 members (excludes halogenated alkanes) is 4. The Hall–Kier alpha value is -2.36. The van der Waals surface area contributed by atoms with Gasteiger partial charge in [0.2, 0.25) is 0 Å². The Morgan fingerprint density at radius 1 is 0.963 bits per heavy atom. The fraction of sp³-hybridized carbons (Fsp3) is 0.478. The molecule has 0 aliphatic carbocycles. The van der Waals surface area contributed by atoms with Crippen LogP contribution in [0.5, 0.6) is 11.5 Å². The van der Waals surface area contributed by atoms with Gasteiger partial charge in [0.25, 0.3) is 0 Å². The summed E-state index contributed by atoms with van der Waals surface area (Å²) in [7, 11) is 0. The van der Waals surface area contributed by atoms with Gasteiger partial charge in [-0.1, -0.05) is 46.5 Å². The number of nitrogens with zero attached hydrogens (tertiary/aromatic N) is 1. The zero-order chi connectivity index (χ0) is 19.5. The fourth-order valence-electron chi connectivity index (χ4n) is 2.61. The van der Waals surface area contributed by atoms with E-state index in [1.165, 1.54) is 25.7 Å². The quantitative estimate of drug-likeness (QED) is 0.275. The van der Waals surface area contributed by atoms with Crippen LogP contribution >= 0.6 is 0 Å². The normalized spacial score (nSPS) is 11.8. The number of pyridine rings is 1. The minimum Gasteiger partial charge on any atom is -0.492 e. The lowest BCUT2D eigenvalue weighted by atomic mass is 10.1. The summed E-state index contributed by atoms with van der Waals surface area (Å²) in [5, 5.41) is 0. The van der Waals surface area contributed by atoms with Gasteiger partial charge in [-0.2, -0.15) is 0 Å². The molecule has 4 heteroatoms. The molecule has 0 spiro atoms. The van der Waals surface area contributed by atoms with Gasteiger partial charge in [0.15, 0.2) is 0 Å². The third-order valence-corrected chi connectivity index (χ3v) is 4.64. The number of hydrogen-bond acceptors (Lipinski definition) is 4. The molecule has 4 nitrogen and oxygen atoms in total. The standard InChI is InChI=1S/C23H31NO3/c1-4-6-7-8-9-16-26-21-14-15-22(24-17-21)19-10-12-20(13-11-19)27-23(25)18(3)5-2/h10-15,17-18H,4-9,16H2,1-3H3. The number of benzene rings is 1. The van der Waals surface area contributed by atoms with E-state index in [1.54, 1.807) is 18.3 Å². The first-order valence-corrected chi connectivity index (χ1v) is 10.0. The van der Waals surface area contributed by atoms with Gasteiger partial charge in [-0.05, 0) is 49.2 Å². The highest BCUT2D eigenvalue weighted by molar-refractivity contribution is 5.75. The van der Waals surface area contributed by atoms with E-state index < -0.39 is 0 Å². The Morgan fingerprint density at radius 2 is 1.67 bits per heavy atom. The molecule has 27 heavy (non-hydrogen) atoms. The summed E-state index contributed by atoms with van der Waals surface area (Å²) in [6, 6.07) is 11.3. The van der Waals surface area contributed by atoms with Crippen LogP contribution in [0.3, 0.4) is 0 Å². The summed E-state index contributed by atoms with van der Waals surface area (Å²) in [5.74, 6) is 1.07. The minimum atomic E-state index is -0.195. The third-order valence-electron chi connectivity index (χ3n) is 4.64. The molecule has 0 radical (unpaired) electrons. The summed E-state index contributed by atoms with van der Waals surface area (Å²) in [6.45, 7) is 6.80. The summed E-state index contributed by atoms with van der Waals surface area (Å²) in [5.41, 5.74) is 1.84. The molecule has 0 amide bonds. The molecule has 1 unspecified atom stereocenters. The largest absolute Gasteiger partial charge is 0.492 e. The number of esters is 1. The second-order valence-electron chi connectivity index (χ2n) is 6.90. The Balaban J connectivity index is 1.84. The molecule has 2 aromatic rings. The van der Waals surface area contributed by atoms with Crippen LogP contribution in [-0.2, 0) is 4.79 Å². The monoisotopic (exact) mass is 369 g/mol. The number of carbonyl (C=O) groups excluding carboxylic acids is 1. The lowest BCUT2D eigenvalue weighted by molar-refractivity contribution is -0.138. The second-order valence-corrected chi connectivity index (χ2v) is 6.90. The molecule has 0 saturated carbocycles. The van der Waals surface area contributed by atoms with E-state index >= 15 is 0 Å². The Labute approximate surface area is 162 Å². The van der Waals surface area contributed by atoms with Crippen molar-refractivity contribution in [2.45, 2.75) is 59.3 Å². The first-order chi connectivity index (χ1) is 13.1. The topological polar surface area (TPSA) is 48.4 Å². The zero-order valence-corrected chi connectivity index (χ0v) is 16.7. The van der Waals surface area contributed by atoms with E-state index in [2.05, 4.69) is 11.9 Å². The van der Waals surface area contributed by atoms with Crippen molar-refractivity contribution < 1.29 is 14.3 Å².